The Hall–Kier alpha value is -3.41. The number of carbonyl (C=O) groups is 2. The predicted molar refractivity (Wildman–Crippen MR) is 98.7 cm³/mol. The van der Waals surface area contributed by atoms with Crippen LogP contribution in [0.25, 0.3) is 11.1 Å². The summed E-state index contributed by atoms with van der Waals surface area (Å²) < 4.78 is 4.88. The second-order valence-corrected chi connectivity index (χ2v) is 5.96. The third-order valence-electron chi connectivity index (χ3n) is 4.03. The van der Waals surface area contributed by atoms with Gasteiger partial charge in [-0.15, -0.1) is 0 Å². The van der Waals surface area contributed by atoms with Gasteiger partial charge in [-0.25, -0.2) is 0 Å². The molecule has 6 heteroatoms. The highest BCUT2D eigenvalue weighted by molar-refractivity contribution is 6.01. The summed E-state index contributed by atoms with van der Waals surface area (Å²) in [5, 5.41) is 5.53. The molecule has 2 amide bonds. The standard InChI is InChI=1S/C20H19N3O3/c1-13-3-4-16(15-5-8-21-9-6-15)11-18(13)23-19(24)14(2)22-20(25)17-7-10-26-12-17/h3-12,14H,1-2H3,(H,22,25)(H,23,24)/t14-/m1/s1. The van der Waals surface area contributed by atoms with Gasteiger partial charge in [0.25, 0.3) is 5.91 Å². The highest BCUT2D eigenvalue weighted by Crippen LogP contribution is 2.25. The third kappa shape index (κ3) is 3.97. The average molecular weight is 349 g/mol. The Bertz CT molecular complexity index is 905. The number of rotatable bonds is 5. The molecule has 0 aliphatic rings. The lowest BCUT2D eigenvalue weighted by Crippen LogP contribution is -2.41. The molecule has 2 heterocycles. The Morgan fingerprint density at radius 2 is 1.85 bits per heavy atom. The second kappa shape index (κ2) is 7.65. The fraction of sp³-hybridized carbons (Fsp3) is 0.150. The monoisotopic (exact) mass is 349 g/mol. The molecule has 6 nitrogen and oxygen atoms in total. The number of furan rings is 1. The zero-order chi connectivity index (χ0) is 18.5. The van der Waals surface area contributed by atoms with Crippen LogP contribution in [0.2, 0.25) is 0 Å². The van der Waals surface area contributed by atoms with Crippen molar-refractivity contribution in [1.82, 2.24) is 10.3 Å². The number of carbonyl (C=O) groups excluding carboxylic acids is 2. The summed E-state index contributed by atoms with van der Waals surface area (Å²) in [4.78, 5) is 28.5. The van der Waals surface area contributed by atoms with Crippen LogP contribution in [0.3, 0.4) is 0 Å². The normalized spacial score (nSPS) is 11.6. The predicted octanol–water partition coefficient (Wildman–Crippen LogP) is 3.41. The van der Waals surface area contributed by atoms with Crippen molar-refractivity contribution in [2.75, 3.05) is 5.32 Å². The number of benzene rings is 1. The second-order valence-electron chi connectivity index (χ2n) is 5.96. The lowest BCUT2D eigenvalue weighted by atomic mass is 10.0. The smallest absolute Gasteiger partial charge is 0.255 e. The van der Waals surface area contributed by atoms with Gasteiger partial charge in [0.2, 0.25) is 5.91 Å². The molecule has 26 heavy (non-hydrogen) atoms. The van der Waals surface area contributed by atoms with Crippen LogP contribution in [0.1, 0.15) is 22.8 Å². The Labute approximate surface area is 151 Å². The Balaban J connectivity index is 1.71. The van der Waals surface area contributed by atoms with Gasteiger partial charge < -0.3 is 15.1 Å². The van der Waals surface area contributed by atoms with Crippen molar-refractivity contribution in [2.24, 2.45) is 0 Å². The SMILES string of the molecule is Cc1ccc(-c2ccncc2)cc1NC(=O)[C@@H](C)NC(=O)c1ccoc1. The molecule has 132 valence electrons. The Morgan fingerprint density at radius 3 is 2.54 bits per heavy atom. The topological polar surface area (TPSA) is 84.2 Å². The van der Waals surface area contributed by atoms with E-state index in [-0.39, 0.29) is 11.8 Å². The number of hydrogen-bond donors (Lipinski definition) is 2. The molecule has 3 aromatic rings. The van der Waals surface area contributed by atoms with Crippen molar-refractivity contribution >= 4 is 17.5 Å². The molecular formula is C20H19N3O3. The van der Waals surface area contributed by atoms with Gasteiger partial charge in [-0.1, -0.05) is 12.1 Å². The van der Waals surface area contributed by atoms with Gasteiger partial charge in [0, 0.05) is 18.1 Å². The first-order valence-corrected chi connectivity index (χ1v) is 8.19. The first-order valence-electron chi connectivity index (χ1n) is 8.19. The number of anilines is 1. The van der Waals surface area contributed by atoms with Crippen LogP contribution in [-0.2, 0) is 4.79 Å². The maximum atomic E-state index is 12.5. The van der Waals surface area contributed by atoms with E-state index in [4.69, 9.17) is 4.42 Å². The number of aromatic nitrogens is 1. The van der Waals surface area contributed by atoms with Gasteiger partial charge in [-0.3, -0.25) is 14.6 Å². The first kappa shape index (κ1) is 17.4. The lowest BCUT2D eigenvalue weighted by Gasteiger charge is -2.16. The minimum atomic E-state index is -0.693. The van der Waals surface area contributed by atoms with Crippen LogP contribution in [0.4, 0.5) is 5.69 Å². The van der Waals surface area contributed by atoms with Crippen LogP contribution in [0.15, 0.2) is 65.7 Å². The maximum absolute atomic E-state index is 12.5. The van der Waals surface area contributed by atoms with Crippen molar-refractivity contribution < 1.29 is 14.0 Å². The molecule has 2 aromatic heterocycles. The van der Waals surface area contributed by atoms with Crippen LogP contribution >= 0.6 is 0 Å². The van der Waals surface area contributed by atoms with Crippen molar-refractivity contribution in [3.63, 3.8) is 0 Å². The fourth-order valence-corrected chi connectivity index (χ4v) is 2.46. The molecule has 0 saturated carbocycles. The summed E-state index contributed by atoms with van der Waals surface area (Å²) in [6.07, 6.45) is 6.19. The van der Waals surface area contributed by atoms with Crippen molar-refractivity contribution in [3.8, 4) is 11.1 Å². The highest BCUT2D eigenvalue weighted by Gasteiger charge is 2.18. The van der Waals surface area contributed by atoms with Gasteiger partial charge in [-0.2, -0.15) is 0 Å². The summed E-state index contributed by atoms with van der Waals surface area (Å²) >= 11 is 0. The Kier molecular flexibility index (Phi) is 5.12. The molecule has 2 N–H and O–H groups in total. The number of nitrogens with one attached hydrogen (secondary N) is 2. The van der Waals surface area contributed by atoms with Gasteiger partial charge in [0.1, 0.15) is 12.3 Å². The summed E-state index contributed by atoms with van der Waals surface area (Å²) in [6.45, 7) is 3.55. The van der Waals surface area contributed by atoms with Crippen LogP contribution in [-0.4, -0.2) is 22.8 Å². The minimum Gasteiger partial charge on any atom is -0.472 e. The molecule has 0 spiro atoms. The van der Waals surface area contributed by atoms with Crippen molar-refractivity contribution in [2.45, 2.75) is 19.9 Å². The van der Waals surface area contributed by atoms with E-state index in [9.17, 15) is 9.59 Å². The highest BCUT2D eigenvalue weighted by atomic mass is 16.3. The van der Waals surface area contributed by atoms with Crippen molar-refractivity contribution in [1.29, 1.82) is 0 Å². The summed E-state index contributed by atoms with van der Waals surface area (Å²) in [5.41, 5.74) is 4.00. The molecule has 0 aliphatic heterocycles. The summed E-state index contributed by atoms with van der Waals surface area (Å²) in [7, 11) is 0. The van der Waals surface area contributed by atoms with E-state index in [1.807, 2.05) is 37.3 Å². The molecule has 1 atom stereocenters. The minimum absolute atomic E-state index is 0.295. The summed E-state index contributed by atoms with van der Waals surface area (Å²) in [5.74, 6) is -0.652. The molecular weight excluding hydrogens is 330 g/mol. The van der Waals surface area contributed by atoms with Gasteiger partial charge in [0.05, 0.1) is 11.8 Å². The summed E-state index contributed by atoms with van der Waals surface area (Å²) in [6, 6.07) is 10.5. The molecule has 0 bridgehead atoms. The number of aryl methyl sites for hydroxylation is 1. The molecule has 0 aliphatic carbocycles. The zero-order valence-corrected chi connectivity index (χ0v) is 14.5. The molecule has 0 fully saturated rings. The number of nitrogens with zero attached hydrogens (tertiary/aromatic N) is 1. The van der Waals surface area contributed by atoms with E-state index in [1.165, 1.54) is 12.5 Å². The van der Waals surface area contributed by atoms with Crippen LogP contribution < -0.4 is 10.6 Å². The Morgan fingerprint density at radius 1 is 1.08 bits per heavy atom. The van der Waals surface area contributed by atoms with E-state index in [0.29, 0.717) is 11.3 Å². The van der Waals surface area contributed by atoms with E-state index < -0.39 is 6.04 Å². The number of amides is 2. The molecule has 3 rings (SSSR count). The molecule has 0 radical (unpaired) electrons. The fourth-order valence-electron chi connectivity index (χ4n) is 2.46. The average Bonchev–Trinajstić information content (AvgIpc) is 3.19. The van der Waals surface area contributed by atoms with Crippen molar-refractivity contribution in [3.05, 3.63) is 72.4 Å². The van der Waals surface area contributed by atoms with Gasteiger partial charge >= 0.3 is 0 Å². The quantitative estimate of drug-likeness (QED) is 0.739. The molecule has 0 unspecified atom stereocenters. The maximum Gasteiger partial charge on any atom is 0.255 e. The van der Waals surface area contributed by atoms with Crippen LogP contribution in [0, 0.1) is 6.92 Å². The lowest BCUT2D eigenvalue weighted by molar-refractivity contribution is -0.117. The number of pyridine rings is 1. The number of hydrogen-bond acceptors (Lipinski definition) is 4. The molecule has 1 aromatic carbocycles. The zero-order valence-electron chi connectivity index (χ0n) is 14.5. The van der Waals surface area contributed by atoms with Gasteiger partial charge in [0.15, 0.2) is 0 Å². The van der Waals surface area contributed by atoms with Gasteiger partial charge in [-0.05, 0) is 54.8 Å². The largest absolute Gasteiger partial charge is 0.472 e. The van der Waals surface area contributed by atoms with E-state index in [1.54, 1.807) is 25.4 Å². The van der Waals surface area contributed by atoms with E-state index in [2.05, 4.69) is 15.6 Å². The van der Waals surface area contributed by atoms with E-state index in [0.717, 1.165) is 16.7 Å². The molecule has 0 saturated heterocycles. The van der Waals surface area contributed by atoms with E-state index >= 15 is 0 Å². The first-order chi connectivity index (χ1) is 12.5. The van der Waals surface area contributed by atoms with Crippen LogP contribution in [0.5, 0.6) is 0 Å². The third-order valence-corrected chi connectivity index (χ3v) is 4.03.